The second-order valence-electron chi connectivity index (χ2n) is 2.76. The fourth-order valence-electron chi connectivity index (χ4n) is 1.04. The summed E-state index contributed by atoms with van der Waals surface area (Å²) in [4.78, 5) is 0. The van der Waals surface area contributed by atoms with E-state index in [1.807, 2.05) is 25.1 Å². The topological polar surface area (TPSA) is 52.0 Å². The molecule has 1 aromatic rings. The Morgan fingerprint density at radius 1 is 1.45 bits per heavy atom. The molecule has 1 unspecified atom stereocenters. The minimum absolute atomic E-state index is 0.0186. The smallest absolute Gasteiger partial charge is 0.0419 e. The van der Waals surface area contributed by atoms with E-state index in [-0.39, 0.29) is 6.04 Å². The van der Waals surface area contributed by atoms with E-state index in [4.69, 9.17) is 11.5 Å². The number of benzene rings is 1. The molecule has 0 radical (unpaired) electrons. The summed E-state index contributed by atoms with van der Waals surface area (Å²) >= 11 is 0. The van der Waals surface area contributed by atoms with Crippen LogP contribution in [0.4, 0.5) is 0 Å². The molecule has 11 heavy (non-hydrogen) atoms. The normalized spacial score (nSPS) is 13.0. The Bertz CT molecular complexity index is 233. The van der Waals surface area contributed by atoms with Crippen molar-refractivity contribution in [2.24, 2.45) is 11.5 Å². The number of aryl methyl sites for hydroxylation is 1. The lowest BCUT2D eigenvalue weighted by Crippen LogP contribution is -2.20. The third-order valence-electron chi connectivity index (χ3n) is 1.72. The van der Waals surface area contributed by atoms with Crippen molar-refractivity contribution in [1.29, 1.82) is 0 Å². The third kappa shape index (κ3) is 2.03. The Hall–Kier alpha value is -0.860. The van der Waals surface area contributed by atoms with Crippen molar-refractivity contribution in [2.75, 3.05) is 6.54 Å². The zero-order valence-corrected chi connectivity index (χ0v) is 6.75. The lowest BCUT2D eigenvalue weighted by atomic mass is 10.1. The van der Waals surface area contributed by atoms with Gasteiger partial charge in [-0.15, -0.1) is 0 Å². The maximum absolute atomic E-state index is 5.74. The monoisotopic (exact) mass is 150 g/mol. The van der Waals surface area contributed by atoms with Gasteiger partial charge in [0.25, 0.3) is 0 Å². The highest BCUT2D eigenvalue weighted by Crippen LogP contribution is 2.10. The van der Waals surface area contributed by atoms with E-state index in [2.05, 4.69) is 6.07 Å². The van der Waals surface area contributed by atoms with Crippen molar-refractivity contribution in [3.05, 3.63) is 35.4 Å². The summed E-state index contributed by atoms with van der Waals surface area (Å²) in [5.74, 6) is 0. The Balaban J connectivity index is 2.86. The first-order chi connectivity index (χ1) is 5.24. The van der Waals surface area contributed by atoms with E-state index in [0.29, 0.717) is 6.54 Å². The Morgan fingerprint density at radius 2 is 2.18 bits per heavy atom. The van der Waals surface area contributed by atoms with Crippen LogP contribution in [0.5, 0.6) is 0 Å². The summed E-state index contributed by atoms with van der Waals surface area (Å²) in [6.45, 7) is 2.55. The largest absolute Gasteiger partial charge is 0.329 e. The molecule has 0 bridgehead atoms. The highest BCUT2D eigenvalue weighted by molar-refractivity contribution is 5.24. The maximum atomic E-state index is 5.74. The van der Waals surface area contributed by atoms with Crippen molar-refractivity contribution in [3.8, 4) is 0 Å². The second-order valence-corrected chi connectivity index (χ2v) is 2.76. The quantitative estimate of drug-likeness (QED) is 0.659. The van der Waals surface area contributed by atoms with E-state index in [1.54, 1.807) is 0 Å². The number of hydrogen-bond donors (Lipinski definition) is 2. The molecule has 0 aliphatic rings. The molecule has 0 aliphatic carbocycles. The lowest BCUT2D eigenvalue weighted by Gasteiger charge is -2.08. The summed E-state index contributed by atoms with van der Waals surface area (Å²) in [7, 11) is 0. The Morgan fingerprint density at radius 3 is 2.73 bits per heavy atom. The minimum Gasteiger partial charge on any atom is -0.329 e. The number of hydrogen-bond acceptors (Lipinski definition) is 2. The van der Waals surface area contributed by atoms with Crippen molar-refractivity contribution in [1.82, 2.24) is 0 Å². The molecule has 2 nitrogen and oxygen atoms in total. The molecule has 0 fully saturated rings. The SMILES string of the molecule is Cc1cccc(C(N)CN)c1. The summed E-state index contributed by atoms with van der Waals surface area (Å²) in [6, 6.07) is 8.10. The van der Waals surface area contributed by atoms with Gasteiger partial charge in [0.15, 0.2) is 0 Å². The van der Waals surface area contributed by atoms with Crippen LogP contribution in [0.15, 0.2) is 24.3 Å². The first-order valence-corrected chi connectivity index (χ1v) is 3.76. The van der Waals surface area contributed by atoms with E-state index in [0.717, 1.165) is 5.56 Å². The van der Waals surface area contributed by atoms with Gasteiger partial charge < -0.3 is 11.5 Å². The van der Waals surface area contributed by atoms with Crippen LogP contribution in [-0.4, -0.2) is 6.54 Å². The van der Waals surface area contributed by atoms with Crippen LogP contribution < -0.4 is 11.5 Å². The molecule has 1 rings (SSSR count). The minimum atomic E-state index is -0.0186. The summed E-state index contributed by atoms with van der Waals surface area (Å²) in [5, 5.41) is 0. The van der Waals surface area contributed by atoms with Crippen molar-refractivity contribution in [3.63, 3.8) is 0 Å². The van der Waals surface area contributed by atoms with Gasteiger partial charge in [0.1, 0.15) is 0 Å². The predicted molar refractivity (Wildman–Crippen MR) is 47.2 cm³/mol. The first-order valence-electron chi connectivity index (χ1n) is 3.76. The Kier molecular flexibility index (Phi) is 2.63. The standard InChI is InChI=1S/C9H14N2/c1-7-3-2-4-8(5-7)9(11)6-10/h2-5,9H,6,10-11H2,1H3. The van der Waals surface area contributed by atoms with Gasteiger partial charge in [-0.3, -0.25) is 0 Å². The zero-order valence-electron chi connectivity index (χ0n) is 6.75. The highest BCUT2D eigenvalue weighted by Gasteiger charge is 2.01. The van der Waals surface area contributed by atoms with E-state index >= 15 is 0 Å². The van der Waals surface area contributed by atoms with Crippen LogP contribution in [0.25, 0.3) is 0 Å². The molecule has 0 saturated carbocycles. The average Bonchev–Trinajstić information content (AvgIpc) is 2.03. The molecule has 0 saturated heterocycles. The van der Waals surface area contributed by atoms with Gasteiger partial charge in [-0.05, 0) is 12.5 Å². The molecule has 1 aromatic carbocycles. The Labute approximate surface area is 67.2 Å². The predicted octanol–water partition coefficient (Wildman–Crippen LogP) is 0.954. The first kappa shape index (κ1) is 8.24. The van der Waals surface area contributed by atoms with Gasteiger partial charge in [-0.2, -0.15) is 0 Å². The van der Waals surface area contributed by atoms with Crippen molar-refractivity contribution < 1.29 is 0 Å². The van der Waals surface area contributed by atoms with Gasteiger partial charge in [0.05, 0.1) is 0 Å². The molecule has 0 heterocycles. The molecule has 1 atom stereocenters. The lowest BCUT2D eigenvalue weighted by molar-refractivity contribution is 0.736. The van der Waals surface area contributed by atoms with Crippen LogP contribution in [0.3, 0.4) is 0 Å². The number of rotatable bonds is 2. The molecule has 0 spiro atoms. The molecule has 0 amide bonds. The van der Waals surface area contributed by atoms with Crippen LogP contribution in [0.1, 0.15) is 17.2 Å². The van der Waals surface area contributed by atoms with E-state index in [9.17, 15) is 0 Å². The molecule has 2 heteroatoms. The molecule has 0 aromatic heterocycles. The van der Waals surface area contributed by atoms with Crippen molar-refractivity contribution in [2.45, 2.75) is 13.0 Å². The molecular formula is C9H14N2. The zero-order chi connectivity index (χ0) is 8.27. The summed E-state index contributed by atoms with van der Waals surface area (Å²) in [6.07, 6.45) is 0. The van der Waals surface area contributed by atoms with Gasteiger partial charge in [-0.1, -0.05) is 29.8 Å². The molecular weight excluding hydrogens is 136 g/mol. The summed E-state index contributed by atoms with van der Waals surface area (Å²) < 4.78 is 0. The molecule has 60 valence electrons. The van der Waals surface area contributed by atoms with E-state index < -0.39 is 0 Å². The van der Waals surface area contributed by atoms with Crippen LogP contribution >= 0.6 is 0 Å². The van der Waals surface area contributed by atoms with E-state index in [1.165, 1.54) is 5.56 Å². The third-order valence-corrected chi connectivity index (χ3v) is 1.72. The maximum Gasteiger partial charge on any atom is 0.0419 e. The second kappa shape index (κ2) is 3.51. The van der Waals surface area contributed by atoms with Gasteiger partial charge >= 0.3 is 0 Å². The van der Waals surface area contributed by atoms with Crippen LogP contribution in [0, 0.1) is 6.92 Å². The van der Waals surface area contributed by atoms with Crippen molar-refractivity contribution >= 4 is 0 Å². The van der Waals surface area contributed by atoms with Gasteiger partial charge in [-0.25, -0.2) is 0 Å². The molecule has 4 N–H and O–H groups in total. The van der Waals surface area contributed by atoms with Gasteiger partial charge in [0, 0.05) is 12.6 Å². The number of nitrogens with two attached hydrogens (primary N) is 2. The fourth-order valence-corrected chi connectivity index (χ4v) is 1.04. The van der Waals surface area contributed by atoms with Crippen LogP contribution in [-0.2, 0) is 0 Å². The highest BCUT2D eigenvalue weighted by atomic mass is 14.7. The average molecular weight is 150 g/mol. The summed E-state index contributed by atoms with van der Waals surface area (Å²) in [5.41, 5.74) is 13.5. The molecule has 0 aliphatic heterocycles. The fraction of sp³-hybridized carbons (Fsp3) is 0.333. The van der Waals surface area contributed by atoms with Gasteiger partial charge in [0.2, 0.25) is 0 Å². The van der Waals surface area contributed by atoms with Crippen LogP contribution in [0.2, 0.25) is 0 Å².